The third-order valence-corrected chi connectivity index (χ3v) is 4.48. The molecule has 0 atom stereocenters. The number of alkyl halides is 3. The van der Waals surface area contributed by atoms with E-state index >= 15 is 0 Å². The monoisotopic (exact) mass is 411 g/mol. The van der Waals surface area contributed by atoms with E-state index in [0.717, 1.165) is 23.5 Å². The van der Waals surface area contributed by atoms with Crippen LogP contribution in [0.1, 0.15) is 15.4 Å². The van der Waals surface area contributed by atoms with E-state index in [-0.39, 0.29) is 10.6 Å². The topological polar surface area (TPSA) is 63.2 Å². The van der Waals surface area contributed by atoms with Gasteiger partial charge in [-0.15, -0.1) is 13.2 Å². The minimum Gasteiger partial charge on any atom is -0.406 e. The first-order chi connectivity index (χ1) is 13.2. The molecule has 0 bridgehead atoms. The fraction of sp³-hybridized carbons (Fsp3) is 0.111. The minimum absolute atomic E-state index is 0.138. The van der Waals surface area contributed by atoms with Gasteiger partial charge < -0.3 is 15.4 Å². The smallest absolute Gasteiger partial charge is 0.406 e. The van der Waals surface area contributed by atoms with Crippen LogP contribution in [-0.4, -0.2) is 17.3 Å². The Bertz CT molecular complexity index is 1000. The van der Waals surface area contributed by atoms with Crippen LogP contribution < -0.4 is 15.4 Å². The lowest BCUT2D eigenvalue weighted by molar-refractivity contribution is -0.274. The van der Waals surface area contributed by atoms with Crippen molar-refractivity contribution < 1.29 is 27.1 Å². The van der Waals surface area contributed by atoms with Gasteiger partial charge in [-0.25, -0.2) is 9.37 Å². The fourth-order valence-electron chi connectivity index (χ4n) is 2.31. The van der Waals surface area contributed by atoms with Crippen molar-refractivity contribution in [3.8, 4) is 5.75 Å². The van der Waals surface area contributed by atoms with Crippen LogP contribution in [0.15, 0.2) is 48.5 Å². The third kappa shape index (κ3) is 5.19. The highest BCUT2D eigenvalue weighted by Crippen LogP contribution is 2.28. The molecule has 1 amide bonds. The highest BCUT2D eigenvalue weighted by molar-refractivity contribution is 7.17. The second-order valence-corrected chi connectivity index (χ2v) is 6.60. The highest BCUT2D eigenvalue weighted by Gasteiger charge is 2.31. The van der Waals surface area contributed by atoms with Gasteiger partial charge in [0.1, 0.15) is 16.4 Å². The average Bonchev–Trinajstić information content (AvgIpc) is 2.94. The number of thiazole rings is 1. The summed E-state index contributed by atoms with van der Waals surface area (Å²) in [5, 5.41) is 5.79. The van der Waals surface area contributed by atoms with Crippen LogP contribution in [0.25, 0.3) is 0 Å². The number of hydrogen-bond acceptors (Lipinski definition) is 5. The molecule has 0 aliphatic carbocycles. The molecule has 0 radical (unpaired) electrons. The Labute approximate surface area is 161 Å². The van der Waals surface area contributed by atoms with E-state index in [1.807, 2.05) is 0 Å². The van der Waals surface area contributed by atoms with Crippen molar-refractivity contribution in [2.75, 3.05) is 10.6 Å². The molecule has 3 aromatic rings. The maximum atomic E-state index is 13.3. The van der Waals surface area contributed by atoms with E-state index < -0.39 is 23.8 Å². The summed E-state index contributed by atoms with van der Waals surface area (Å²) in [6, 6.07) is 10.7. The number of anilines is 3. The molecular weight excluding hydrogens is 398 g/mol. The van der Waals surface area contributed by atoms with E-state index in [2.05, 4.69) is 20.4 Å². The van der Waals surface area contributed by atoms with E-state index in [9.17, 15) is 22.4 Å². The first-order valence-corrected chi connectivity index (χ1v) is 8.68. The van der Waals surface area contributed by atoms with Crippen molar-refractivity contribution in [3.63, 3.8) is 0 Å². The Hall–Kier alpha value is -3.14. The lowest BCUT2D eigenvalue weighted by Gasteiger charge is -2.10. The van der Waals surface area contributed by atoms with Crippen LogP contribution in [0.5, 0.6) is 5.75 Å². The summed E-state index contributed by atoms with van der Waals surface area (Å²) >= 11 is 1.03. The Kier molecular flexibility index (Phi) is 5.50. The largest absolute Gasteiger partial charge is 0.573 e. The van der Waals surface area contributed by atoms with Crippen LogP contribution >= 0.6 is 11.3 Å². The molecule has 0 aliphatic rings. The molecule has 2 N–H and O–H groups in total. The molecule has 0 spiro atoms. The lowest BCUT2D eigenvalue weighted by Crippen LogP contribution is -2.17. The number of carbonyl (C=O) groups is 1. The number of aryl methyl sites for hydroxylation is 1. The summed E-state index contributed by atoms with van der Waals surface area (Å²) in [5.41, 5.74) is 1.03. The van der Waals surface area contributed by atoms with Crippen molar-refractivity contribution >= 4 is 33.8 Å². The Morgan fingerprint density at radius 3 is 2.54 bits per heavy atom. The summed E-state index contributed by atoms with van der Waals surface area (Å²) in [6.45, 7) is 1.62. The highest BCUT2D eigenvalue weighted by atomic mass is 32.1. The Balaban J connectivity index is 1.73. The van der Waals surface area contributed by atoms with Crippen molar-refractivity contribution in [1.82, 2.24) is 4.98 Å². The number of halogens is 4. The molecule has 146 valence electrons. The number of aromatic nitrogens is 1. The summed E-state index contributed by atoms with van der Waals surface area (Å²) < 4.78 is 54.0. The van der Waals surface area contributed by atoms with Crippen LogP contribution in [0.3, 0.4) is 0 Å². The van der Waals surface area contributed by atoms with Gasteiger partial charge in [-0.1, -0.05) is 23.5 Å². The quantitative estimate of drug-likeness (QED) is 0.546. The summed E-state index contributed by atoms with van der Waals surface area (Å²) in [4.78, 5) is 16.9. The number of rotatable bonds is 5. The molecule has 3 rings (SSSR count). The van der Waals surface area contributed by atoms with E-state index in [4.69, 9.17) is 0 Å². The maximum Gasteiger partial charge on any atom is 0.573 e. The number of nitrogens with one attached hydrogen (secondary N) is 2. The van der Waals surface area contributed by atoms with E-state index in [1.54, 1.807) is 13.0 Å². The predicted molar refractivity (Wildman–Crippen MR) is 97.6 cm³/mol. The molecule has 10 heteroatoms. The molecule has 2 aromatic carbocycles. The van der Waals surface area contributed by atoms with Crippen LogP contribution in [0, 0.1) is 12.7 Å². The zero-order valence-corrected chi connectivity index (χ0v) is 15.1. The van der Waals surface area contributed by atoms with Crippen molar-refractivity contribution in [1.29, 1.82) is 0 Å². The average molecular weight is 411 g/mol. The summed E-state index contributed by atoms with van der Waals surface area (Å²) in [7, 11) is 0. The van der Waals surface area contributed by atoms with Gasteiger partial charge in [-0.05, 0) is 37.3 Å². The molecule has 0 fully saturated rings. The minimum atomic E-state index is -4.83. The number of amides is 1. The predicted octanol–water partition coefficient (Wildman–Crippen LogP) is 5.49. The lowest BCUT2D eigenvalue weighted by atomic mass is 10.3. The zero-order valence-electron chi connectivity index (χ0n) is 14.3. The normalized spacial score (nSPS) is 11.2. The van der Waals surface area contributed by atoms with Crippen LogP contribution in [0.4, 0.5) is 34.1 Å². The van der Waals surface area contributed by atoms with Gasteiger partial charge in [0.2, 0.25) is 0 Å². The number of carbonyl (C=O) groups excluding carboxylic acids is 1. The first kappa shape index (κ1) is 19.6. The summed E-state index contributed by atoms with van der Waals surface area (Å²) in [5.74, 6) is -1.40. The van der Waals surface area contributed by atoms with E-state index in [1.165, 1.54) is 30.3 Å². The van der Waals surface area contributed by atoms with Crippen molar-refractivity contribution in [3.05, 3.63) is 64.9 Å². The van der Waals surface area contributed by atoms with Gasteiger partial charge in [0.15, 0.2) is 5.13 Å². The standard InChI is InChI=1S/C18H13F4N3O2S/c1-10-15(28-17(23-10)25-12-5-2-4-11(19)8-12)16(26)24-13-6-3-7-14(9-13)27-18(20,21)22/h2-9H,1H3,(H,23,25)(H,24,26). The zero-order chi connectivity index (χ0) is 20.3. The fourth-order valence-corrected chi connectivity index (χ4v) is 3.19. The second kappa shape index (κ2) is 7.85. The molecule has 0 saturated heterocycles. The maximum absolute atomic E-state index is 13.3. The molecule has 28 heavy (non-hydrogen) atoms. The molecule has 1 heterocycles. The van der Waals surface area contributed by atoms with Gasteiger partial charge in [0, 0.05) is 17.4 Å². The number of hydrogen-bond donors (Lipinski definition) is 2. The Morgan fingerprint density at radius 1 is 1.11 bits per heavy atom. The molecule has 0 saturated carbocycles. The van der Waals surface area contributed by atoms with Crippen LogP contribution in [-0.2, 0) is 0 Å². The van der Waals surface area contributed by atoms with Gasteiger partial charge >= 0.3 is 6.36 Å². The van der Waals surface area contributed by atoms with Gasteiger partial charge in [-0.3, -0.25) is 4.79 Å². The van der Waals surface area contributed by atoms with E-state index in [0.29, 0.717) is 16.5 Å². The molecule has 5 nitrogen and oxygen atoms in total. The second-order valence-electron chi connectivity index (χ2n) is 5.60. The number of nitrogens with zero attached hydrogens (tertiary/aromatic N) is 1. The molecular formula is C18H13F4N3O2S. The molecule has 1 aromatic heterocycles. The van der Waals surface area contributed by atoms with Gasteiger partial charge in [0.05, 0.1) is 5.69 Å². The van der Waals surface area contributed by atoms with Gasteiger partial charge in [0.25, 0.3) is 5.91 Å². The van der Waals surface area contributed by atoms with Crippen molar-refractivity contribution in [2.45, 2.75) is 13.3 Å². The summed E-state index contributed by atoms with van der Waals surface area (Å²) in [6.07, 6.45) is -4.83. The number of benzene rings is 2. The third-order valence-electron chi connectivity index (χ3n) is 3.40. The first-order valence-electron chi connectivity index (χ1n) is 7.87. The molecule has 0 unspecified atom stereocenters. The van der Waals surface area contributed by atoms with Crippen molar-refractivity contribution in [2.24, 2.45) is 0 Å². The number of ether oxygens (including phenoxy) is 1. The van der Waals surface area contributed by atoms with Gasteiger partial charge in [-0.2, -0.15) is 0 Å². The van der Waals surface area contributed by atoms with Crippen LogP contribution in [0.2, 0.25) is 0 Å². The SMILES string of the molecule is Cc1nc(Nc2cccc(F)c2)sc1C(=O)Nc1cccc(OC(F)(F)F)c1. The Morgan fingerprint density at radius 2 is 1.82 bits per heavy atom. The molecule has 0 aliphatic heterocycles.